The Balaban J connectivity index is 2.37. The van der Waals surface area contributed by atoms with Crippen molar-refractivity contribution in [1.29, 1.82) is 0 Å². The van der Waals surface area contributed by atoms with Crippen molar-refractivity contribution in [2.24, 2.45) is 0 Å². The Kier molecular flexibility index (Phi) is 7.51. The molecule has 0 saturated carbocycles. The Bertz CT molecular complexity index is 440. The van der Waals surface area contributed by atoms with E-state index in [1.807, 2.05) is 6.08 Å². The zero-order valence-electron chi connectivity index (χ0n) is 12.7. The predicted octanol–water partition coefficient (Wildman–Crippen LogP) is 4.66. The van der Waals surface area contributed by atoms with Crippen LogP contribution in [0.3, 0.4) is 0 Å². The summed E-state index contributed by atoms with van der Waals surface area (Å²) in [4.78, 5) is 0. The van der Waals surface area contributed by atoms with Gasteiger partial charge in [0.05, 0.1) is 5.56 Å². The van der Waals surface area contributed by atoms with Crippen LogP contribution in [0.15, 0.2) is 12.1 Å². The van der Waals surface area contributed by atoms with E-state index in [1.54, 1.807) is 0 Å². The van der Waals surface area contributed by atoms with Gasteiger partial charge in [0.15, 0.2) is 23.0 Å². The number of phenols is 4. The Morgan fingerprint density at radius 1 is 0.810 bits per heavy atom. The molecule has 0 bridgehead atoms. The Morgan fingerprint density at radius 2 is 1.33 bits per heavy atom. The molecule has 118 valence electrons. The zero-order chi connectivity index (χ0) is 15.7. The van der Waals surface area contributed by atoms with Crippen molar-refractivity contribution in [3.05, 3.63) is 17.7 Å². The first kappa shape index (κ1) is 17.2. The minimum absolute atomic E-state index is 0.0513. The first-order chi connectivity index (χ1) is 10.1. The summed E-state index contributed by atoms with van der Waals surface area (Å²) in [6.45, 7) is 2.20. The summed E-state index contributed by atoms with van der Waals surface area (Å²) in [5, 5.41) is 38.1. The first-order valence-corrected chi connectivity index (χ1v) is 7.71. The molecule has 1 aromatic carbocycles. The van der Waals surface area contributed by atoms with Crippen LogP contribution in [0.2, 0.25) is 0 Å². The molecule has 4 N–H and O–H groups in total. The maximum absolute atomic E-state index is 9.65. The van der Waals surface area contributed by atoms with Crippen molar-refractivity contribution in [1.82, 2.24) is 0 Å². The SMILES string of the molecule is CCCCCCCCC/C=C/c1c(O)c(O)cc(O)c1O. The van der Waals surface area contributed by atoms with Crippen LogP contribution in [-0.2, 0) is 0 Å². The minimum Gasteiger partial charge on any atom is -0.504 e. The van der Waals surface area contributed by atoms with Gasteiger partial charge in [-0.25, -0.2) is 0 Å². The van der Waals surface area contributed by atoms with Gasteiger partial charge in [0, 0.05) is 6.07 Å². The van der Waals surface area contributed by atoms with E-state index < -0.39 is 23.0 Å². The van der Waals surface area contributed by atoms with Crippen LogP contribution in [0.4, 0.5) is 0 Å². The van der Waals surface area contributed by atoms with Crippen molar-refractivity contribution in [2.45, 2.75) is 58.3 Å². The van der Waals surface area contributed by atoms with E-state index >= 15 is 0 Å². The highest BCUT2D eigenvalue weighted by Gasteiger charge is 2.13. The number of rotatable bonds is 9. The molecule has 0 saturated heterocycles. The molecule has 0 heterocycles. The lowest BCUT2D eigenvalue weighted by molar-refractivity contribution is 0.371. The van der Waals surface area contributed by atoms with E-state index in [0.717, 1.165) is 25.3 Å². The van der Waals surface area contributed by atoms with Crippen LogP contribution in [0.25, 0.3) is 6.08 Å². The molecule has 1 aromatic rings. The van der Waals surface area contributed by atoms with Crippen molar-refractivity contribution in [2.75, 3.05) is 0 Å². The van der Waals surface area contributed by atoms with Crippen LogP contribution >= 0.6 is 0 Å². The molecule has 0 aliphatic rings. The van der Waals surface area contributed by atoms with E-state index in [1.165, 1.54) is 38.2 Å². The molecule has 0 radical (unpaired) electrons. The summed E-state index contributed by atoms with van der Waals surface area (Å²) in [6.07, 6.45) is 12.8. The number of hydrogen-bond donors (Lipinski definition) is 4. The van der Waals surface area contributed by atoms with E-state index in [4.69, 9.17) is 0 Å². The number of allylic oxidation sites excluding steroid dienone is 1. The monoisotopic (exact) mass is 294 g/mol. The predicted molar refractivity (Wildman–Crippen MR) is 84.7 cm³/mol. The van der Waals surface area contributed by atoms with Crippen LogP contribution in [0, 0.1) is 0 Å². The molecule has 0 aliphatic carbocycles. The van der Waals surface area contributed by atoms with Crippen LogP contribution in [-0.4, -0.2) is 20.4 Å². The van der Waals surface area contributed by atoms with E-state index in [2.05, 4.69) is 6.92 Å². The van der Waals surface area contributed by atoms with Crippen molar-refractivity contribution in [3.63, 3.8) is 0 Å². The highest BCUT2D eigenvalue weighted by Crippen LogP contribution is 2.42. The number of aromatic hydroxyl groups is 4. The van der Waals surface area contributed by atoms with Gasteiger partial charge in [0.2, 0.25) is 0 Å². The van der Waals surface area contributed by atoms with E-state index in [-0.39, 0.29) is 5.56 Å². The standard InChI is InChI=1S/C17H26O4/c1-2-3-4-5-6-7-8-9-10-11-13-16(20)14(18)12-15(19)17(13)21/h10-12,18-21H,2-9H2,1H3/b11-10+. The van der Waals surface area contributed by atoms with Gasteiger partial charge in [-0.05, 0) is 12.8 Å². The molecular weight excluding hydrogens is 268 g/mol. The van der Waals surface area contributed by atoms with Gasteiger partial charge in [0.25, 0.3) is 0 Å². The topological polar surface area (TPSA) is 80.9 Å². The summed E-state index contributed by atoms with van der Waals surface area (Å²) < 4.78 is 0. The maximum atomic E-state index is 9.65. The molecule has 0 fully saturated rings. The van der Waals surface area contributed by atoms with Crippen molar-refractivity contribution < 1.29 is 20.4 Å². The Labute approximate surface area is 126 Å². The fourth-order valence-corrected chi connectivity index (χ4v) is 2.23. The molecule has 4 nitrogen and oxygen atoms in total. The van der Waals surface area contributed by atoms with E-state index in [0.29, 0.717) is 0 Å². The van der Waals surface area contributed by atoms with Gasteiger partial charge < -0.3 is 20.4 Å². The average molecular weight is 294 g/mol. The molecular formula is C17H26O4. The molecule has 0 unspecified atom stereocenters. The summed E-state index contributed by atoms with van der Waals surface area (Å²) in [5.41, 5.74) is 0.0513. The average Bonchev–Trinajstić information content (AvgIpc) is 2.46. The first-order valence-electron chi connectivity index (χ1n) is 7.71. The van der Waals surface area contributed by atoms with Crippen LogP contribution < -0.4 is 0 Å². The second-order valence-electron chi connectivity index (χ2n) is 5.34. The minimum atomic E-state index is -0.444. The molecule has 21 heavy (non-hydrogen) atoms. The van der Waals surface area contributed by atoms with Gasteiger partial charge in [0.1, 0.15) is 0 Å². The number of hydrogen-bond acceptors (Lipinski definition) is 4. The molecule has 0 spiro atoms. The number of unbranched alkanes of at least 4 members (excludes halogenated alkanes) is 7. The molecule has 0 amide bonds. The maximum Gasteiger partial charge on any atom is 0.168 e. The van der Waals surface area contributed by atoms with Gasteiger partial charge in [-0.15, -0.1) is 0 Å². The van der Waals surface area contributed by atoms with Gasteiger partial charge in [-0.2, -0.15) is 0 Å². The van der Waals surface area contributed by atoms with Crippen LogP contribution in [0.5, 0.6) is 23.0 Å². The number of benzene rings is 1. The highest BCUT2D eigenvalue weighted by molar-refractivity contribution is 5.71. The lowest BCUT2D eigenvalue weighted by Crippen LogP contribution is -1.81. The Hall–Kier alpha value is -1.84. The van der Waals surface area contributed by atoms with Crippen molar-refractivity contribution >= 4 is 6.08 Å². The van der Waals surface area contributed by atoms with E-state index in [9.17, 15) is 20.4 Å². The third kappa shape index (κ3) is 5.58. The lowest BCUT2D eigenvalue weighted by Gasteiger charge is -2.06. The molecule has 4 heteroatoms. The third-order valence-electron chi connectivity index (χ3n) is 3.53. The normalized spacial score (nSPS) is 11.3. The zero-order valence-corrected chi connectivity index (χ0v) is 12.7. The van der Waals surface area contributed by atoms with Gasteiger partial charge in [-0.1, -0.05) is 57.6 Å². The molecule has 0 aromatic heterocycles. The Morgan fingerprint density at radius 3 is 1.90 bits per heavy atom. The molecule has 1 rings (SSSR count). The fraction of sp³-hybridized carbons (Fsp3) is 0.529. The quantitative estimate of drug-likeness (QED) is 0.303. The largest absolute Gasteiger partial charge is 0.504 e. The summed E-state index contributed by atoms with van der Waals surface area (Å²) in [6, 6.07) is 0.915. The summed E-state index contributed by atoms with van der Waals surface area (Å²) in [5.74, 6) is -1.72. The highest BCUT2D eigenvalue weighted by atomic mass is 16.3. The van der Waals surface area contributed by atoms with Crippen LogP contribution in [0.1, 0.15) is 63.9 Å². The smallest absolute Gasteiger partial charge is 0.168 e. The summed E-state index contributed by atoms with van der Waals surface area (Å²) >= 11 is 0. The summed E-state index contributed by atoms with van der Waals surface area (Å²) in [7, 11) is 0. The van der Waals surface area contributed by atoms with Crippen molar-refractivity contribution in [3.8, 4) is 23.0 Å². The van der Waals surface area contributed by atoms with Gasteiger partial charge >= 0.3 is 0 Å². The number of phenolic OH excluding ortho intramolecular Hbond substituents is 4. The molecule has 0 aliphatic heterocycles. The second-order valence-corrected chi connectivity index (χ2v) is 5.34. The second kappa shape index (κ2) is 9.16. The third-order valence-corrected chi connectivity index (χ3v) is 3.53. The molecule has 0 atom stereocenters. The van der Waals surface area contributed by atoms with Gasteiger partial charge in [-0.3, -0.25) is 0 Å². The fourth-order valence-electron chi connectivity index (χ4n) is 2.23. The lowest BCUT2D eigenvalue weighted by atomic mass is 10.1.